The van der Waals surface area contributed by atoms with Crippen molar-refractivity contribution in [2.75, 3.05) is 87.8 Å². The molecule has 0 unspecified atom stereocenters. The number of unbranched alkanes of at least 4 members (excludes halogenated alkanes) is 2. The molecule has 1 aliphatic rings. The number of aryl methyl sites for hydroxylation is 1. The van der Waals surface area contributed by atoms with Crippen LogP contribution in [0.3, 0.4) is 0 Å². The van der Waals surface area contributed by atoms with E-state index in [1.54, 1.807) is 13.0 Å². The van der Waals surface area contributed by atoms with E-state index in [-0.39, 0.29) is 73.8 Å². The van der Waals surface area contributed by atoms with E-state index in [0.717, 1.165) is 36.5 Å². The zero-order chi connectivity index (χ0) is 52.6. The van der Waals surface area contributed by atoms with Crippen LogP contribution in [0.2, 0.25) is 0 Å². The molecule has 71 heavy (non-hydrogen) atoms. The minimum absolute atomic E-state index is 0.0327. The fourth-order valence-corrected chi connectivity index (χ4v) is 5.38. The third kappa shape index (κ3) is 23.8. The summed E-state index contributed by atoms with van der Waals surface area (Å²) >= 11 is 0. The Labute approximate surface area is 399 Å². The van der Waals surface area contributed by atoms with Crippen LogP contribution in [-0.2, 0) is 19.4 Å². The number of anilines is 4. The lowest BCUT2D eigenvalue weighted by Gasteiger charge is -2.28. The van der Waals surface area contributed by atoms with Crippen molar-refractivity contribution in [2.24, 2.45) is 20.0 Å². The predicted molar refractivity (Wildman–Crippen MR) is 238 cm³/mol. The summed E-state index contributed by atoms with van der Waals surface area (Å²) in [6.07, 6.45) is 10.4. The summed E-state index contributed by atoms with van der Waals surface area (Å²) in [6.45, 7) is 4.74. The molecular weight excluding hydrogens is 957 g/mol. The quantitative estimate of drug-likeness (QED) is 0.0213. The van der Waals surface area contributed by atoms with Gasteiger partial charge in [0.1, 0.15) is 18.2 Å². The first kappa shape index (κ1) is 57.8. The number of hydrogen-bond donors (Lipinski definition) is 7. The average Bonchev–Trinajstić information content (AvgIpc) is 3.33. The Balaban J connectivity index is 0.000000330. The molecule has 0 atom stereocenters. The lowest BCUT2D eigenvalue weighted by molar-refractivity contribution is -0.757. The molecule has 1 saturated heterocycles. The van der Waals surface area contributed by atoms with Crippen LogP contribution < -0.4 is 44.1 Å². The molecular formula is C35H56N20O16. The Hall–Kier alpha value is -9.28. The van der Waals surface area contributed by atoms with Crippen molar-refractivity contribution in [3.63, 3.8) is 0 Å². The van der Waals surface area contributed by atoms with Crippen molar-refractivity contribution in [1.29, 1.82) is 0 Å². The summed E-state index contributed by atoms with van der Waals surface area (Å²) in [5, 5.41) is 74.1. The van der Waals surface area contributed by atoms with Gasteiger partial charge in [0.2, 0.25) is 17.8 Å². The molecule has 1 fully saturated rings. The first-order valence-corrected chi connectivity index (χ1v) is 21.2. The van der Waals surface area contributed by atoms with Gasteiger partial charge in [0.05, 0.1) is 26.4 Å². The van der Waals surface area contributed by atoms with Gasteiger partial charge in [0, 0.05) is 75.6 Å². The molecule has 4 aromatic rings. The molecule has 1 aliphatic heterocycles. The molecule has 392 valence electrons. The van der Waals surface area contributed by atoms with Crippen LogP contribution in [0.5, 0.6) is 0 Å². The Kier molecular flexibility index (Phi) is 26.4. The number of piperidine rings is 1. The Morgan fingerprint density at radius 1 is 0.535 bits per heavy atom. The Bertz CT molecular complexity index is 2580. The van der Waals surface area contributed by atoms with Crippen LogP contribution in [0.15, 0.2) is 62.8 Å². The maximum Gasteiger partial charge on any atom is 0.294 e. The number of nitrogen functional groups attached to an aromatic ring is 3. The highest BCUT2D eigenvalue weighted by Crippen LogP contribution is 2.16. The van der Waals surface area contributed by atoms with Gasteiger partial charge in [-0.1, -0.05) is 0 Å². The summed E-state index contributed by atoms with van der Waals surface area (Å²) in [7, 11) is 0. The van der Waals surface area contributed by atoms with Gasteiger partial charge in [-0.25, -0.2) is 19.9 Å². The molecule has 36 heteroatoms. The van der Waals surface area contributed by atoms with E-state index in [1.165, 1.54) is 43.2 Å². The van der Waals surface area contributed by atoms with Gasteiger partial charge in [0.25, 0.3) is 20.3 Å². The summed E-state index contributed by atoms with van der Waals surface area (Å²) in [5.74, 6) is 1.07. The zero-order valence-electron chi connectivity index (χ0n) is 38.3. The minimum Gasteiger partial charge on any atom is -0.425 e. The maximum absolute atomic E-state index is 10.0. The normalized spacial score (nSPS) is 12.8. The molecule has 5 heterocycles. The van der Waals surface area contributed by atoms with Crippen LogP contribution in [0, 0.1) is 47.4 Å². The topological polar surface area (TPSA) is 492 Å². The fourth-order valence-electron chi connectivity index (χ4n) is 5.38. The van der Waals surface area contributed by atoms with Crippen LogP contribution in [0.4, 0.5) is 23.7 Å². The fraction of sp³-hybridized carbons (Fsp3) is 0.543. The van der Waals surface area contributed by atoms with Gasteiger partial charge in [-0.15, -0.1) is 54.6 Å². The first-order valence-electron chi connectivity index (χ1n) is 21.2. The second-order valence-electron chi connectivity index (χ2n) is 13.8. The number of nitrogens with zero attached hydrogens (tertiary/aromatic N) is 17. The van der Waals surface area contributed by atoms with Crippen molar-refractivity contribution in [1.82, 2.24) is 38.9 Å². The lowest BCUT2D eigenvalue weighted by Crippen LogP contribution is -2.33. The van der Waals surface area contributed by atoms with E-state index < -0.39 is 20.3 Å². The highest BCUT2D eigenvalue weighted by atomic mass is 17.0. The Morgan fingerprint density at radius 3 is 1.32 bits per heavy atom. The monoisotopic (exact) mass is 1010 g/mol. The summed E-state index contributed by atoms with van der Waals surface area (Å²) in [5.41, 5.74) is 17.1. The molecule has 36 nitrogen and oxygen atoms in total. The molecule has 0 saturated carbocycles. The maximum atomic E-state index is 10.0. The highest BCUT2D eigenvalue weighted by molar-refractivity contribution is 5.37. The number of aromatic nitrogens is 8. The smallest absolute Gasteiger partial charge is 0.294 e. The van der Waals surface area contributed by atoms with E-state index >= 15 is 0 Å². The molecule has 5 rings (SSSR count). The summed E-state index contributed by atoms with van der Waals surface area (Å²) < 4.78 is 2.86. The molecule has 0 radical (unpaired) electrons. The van der Waals surface area contributed by atoms with Crippen LogP contribution in [0.1, 0.15) is 57.2 Å². The van der Waals surface area contributed by atoms with Crippen molar-refractivity contribution >= 4 is 23.7 Å². The lowest BCUT2D eigenvalue weighted by atomic mass is 10.1. The molecule has 0 bridgehead atoms. The average molecular weight is 1010 g/mol. The molecule has 0 amide bonds. The molecule has 10 N–H and O–H groups in total. The van der Waals surface area contributed by atoms with Gasteiger partial charge in [-0.2, -0.15) is 4.73 Å². The molecule has 0 spiro atoms. The Morgan fingerprint density at radius 2 is 0.901 bits per heavy atom. The van der Waals surface area contributed by atoms with Crippen molar-refractivity contribution in [3.8, 4) is 0 Å². The summed E-state index contributed by atoms with van der Waals surface area (Å²) in [4.78, 5) is 89.6. The second-order valence-corrected chi connectivity index (χ2v) is 13.8. The van der Waals surface area contributed by atoms with Gasteiger partial charge in [-0.3, -0.25) is 20.0 Å². The second kappa shape index (κ2) is 32.4. The predicted octanol–water partition coefficient (Wildman–Crippen LogP) is -1.09. The molecule has 0 aliphatic carbocycles. The molecule has 0 aromatic carbocycles. The zero-order valence-corrected chi connectivity index (χ0v) is 38.3. The van der Waals surface area contributed by atoms with E-state index in [9.17, 15) is 61.3 Å². The van der Waals surface area contributed by atoms with Crippen LogP contribution in [0.25, 0.3) is 0 Å². The van der Waals surface area contributed by atoms with E-state index in [1.807, 2.05) is 0 Å². The van der Waals surface area contributed by atoms with Crippen LogP contribution in [-0.4, -0.2) is 146 Å². The van der Waals surface area contributed by atoms with Gasteiger partial charge in [0.15, 0.2) is 22.0 Å². The SMILES string of the molecule is Cc1nc(N2CCCCC2)cc(=NCCCCO[N+](=O)[O-])n1O.Nc1nccc(=NCCCCO[N+](=O)[O-])n1O.Nc1nccc(=NCCCO[N+](=O)[O-])n1O.Nc1nccc(=NCCO[N+](=O)[O-])n1O. The van der Waals surface area contributed by atoms with E-state index in [2.05, 4.69) is 64.2 Å². The van der Waals surface area contributed by atoms with Crippen molar-refractivity contribution in [2.45, 2.75) is 58.3 Å². The van der Waals surface area contributed by atoms with Gasteiger partial charge in [-0.05, 0) is 58.3 Å². The van der Waals surface area contributed by atoms with Crippen molar-refractivity contribution < 1.29 is 60.5 Å². The third-order valence-electron chi connectivity index (χ3n) is 8.71. The van der Waals surface area contributed by atoms with Gasteiger partial charge >= 0.3 is 0 Å². The molecule has 4 aromatic heterocycles. The van der Waals surface area contributed by atoms with E-state index in [4.69, 9.17) is 17.2 Å². The standard InChI is InChI=1S/C14H23N5O4.C8H13N5O4.C7H11N5O4.C6H9N5O4/c1-12-16-14(17-8-4-2-5-9-17)11-13(18(12)20)15-7-3-6-10-23-19(21)22;9-8-11-5-3-7(12(8)14)10-4-1-2-6-17-13(15)16;8-7-10-4-2-6(11(7)13)9-3-1-5-16-12(14)15;7-6-9-2-1-5(10(6)12)8-3-4-15-11(13)14/h11,20H,2-10H2,1H3;3,5,14H,1-2,4,6H2,(H2,9,11);2,4,13H,1,3,5H2,(H2,8,10);1-2,12H,3-4H2,(H2,7,9). The summed E-state index contributed by atoms with van der Waals surface area (Å²) in [6, 6.07) is 6.16. The van der Waals surface area contributed by atoms with Gasteiger partial charge < -0.3 is 62.3 Å². The van der Waals surface area contributed by atoms with Crippen molar-refractivity contribution in [3.05, 3.63) is 111 Å². The number of hydrogen-bond acceptors (Lipinski definition) is 28. The number of nitrogens with two attached hydrogens (primary N) is 3. The first-order chi connectivity index (χ1) is 33.9. The minimum atomic E-state index is -0.913. The third-order valence-corrected chi connectivity index (χ3v) is 8.71. The highest BCUT2D eigenvalue weighted by Gasteiger charge is 2.14. The van der Waals surface area contributed by atoms with Crippen LogP contribution >= 0.6 is 0 Å². The van der Waals surface area contributed by atoms with E-state index in [0.29, 0.717) is 70.7 Å². The largest absolute Gasteiger partial charge is 0.425 e. The number of rotatable bonds is 22.